The molecule has 25 heavy (non-hydrogen) atoms. The summed E-state index contributed by atoms with van der Waals surface area (Å²) < 4.78 is 0. The Labute approximate surface area is 152 Å². The summed E-state index contributed by atoms with van der Waals surface area (Å²) in [7, 11) is 0. The molecule has 0 radical (unpaired) electrons. The summed E-state index contributed by atoms with van der Waals surface area (Å²) in [6, 6.07) is 7.69. The van der Waals surface area contributed by atoms with Crippen LogP contribution in [-0.2, 0) is 14.4 Å². The number of carbonyl (C=O) groups is 3. The van der Waals surface area contributed by atoms with Crippen LogP contribution in [0.5, 0.6) is 0 Å². The Kier molecular flexibility index (Phi) is 6.11. The second-order valence-electron chi connectivity index (χ2n) is 6.87. The van der Waals surface area contributed by atoms with E-state index in [2.05, 4.69) is 5.32 Å². The number of hydrogen-bond acceptors (Lipinski definition) is 4. The zero-order valence-corrected chi connectivity index (χ0v) is 15.6. The zero-order valence-electron chi connectivity index (χ0n) is 14.7. The molecule has 1 aliphatic heterocycles. The van der Waals surface area contributed by atoms with Crippen LogP contribution >= 0.6 is 11.8 Å². The lowest BCUT2D eigenvalue weighted by atomic mass is 9.96. The minimum Gasteiger partial charge on any atom is -0.481 e. The van der Waals surface area contributed by atoms with Gasteiger partial charge in [0, 0.05) is 35.5 Å². The predicted octanol–water partition coefficient (Wildman–Crippen LogP) is 2.52. The van der Waals surface area contributed by atoms with Crippen molar-refractivity contribution in [2.24, 2.45) is 5.92 Å². The van der Waals surface area contributed by atoms with Gasteiger partial charge in [0.25, 0.3) is 0 Å². The van der Waals surface area contributed by atoms with Gasteiger partial charge in [-0.15, -0.1) is 11.8 Å². The van der Waals surface area contributed by atoms with Crippen molar-refractivity contribution in [1.29, 1.82) is 0 Å². The Bertz CT molecular complexity index is 675. The van der Waals surface area contributed by atoms with Crippen LogP contribution in [0.15, 0.2) is 29.2 Å². The molecule has 2 rings (SSSR count). The highest BCUT2D eigenvalue weighted by Crippen LogP contribution is 2.28. The number of thioether (sulfide) groups is 1. The van der Waals surface area contributed by atoms with E-state index >= 15 is 0 Å². The Morgan fingerprint density at radius 3 is 2.76 bits per heavy atom. The van der Waals surface area contributed by atoms with Crippen LogP contribution in [0.4, 0.5) is 5.69 Å². The normalized spacial score (nSPS) is 17.6. The maximum Gasteiger partial charge on any atom is 0.303 e. The average Bonchev–Trinajstić information content (AvgIpc) is 2.95. The van der Waals surface area contributed by atoms with Crippen LogP contribution in [-0.4, -0.2) is 41.2 Å². The molecule has 1 atom stereocenters. The number of nitrogens with one attached hydrogen (secondary N) is 1. The van der Waals surface area contributed by atoms with Gasteiger partial charge in [0.15, 0.2) is 0 Å². The van der Waals surface area contributed by atoms with Crippen molar-refractivity contribution in [1.82, 2.24) is 5.32 Å². The molecule has 1 saturated heterocycles. The van der Waals surface area contributed by atoms with Crippen molar-refractivity contribution < 1.29 is 19.5 Å². The first-order valence-electron chi connectivity index (χ1n) is 8.20. The summed E-state index contributed by atoms with van der Waals surface area (Å²) in [5, 5.41) is 11.7. The Balaban J connectivity index is 2.01. The molecule has 6 nitrogen and oxygen atoms in total. The van der Waals surface area contributed by atoms with E-state index in [1.165, 1.54) is 0 Å². The van der Waals surface area contributed by atoms with Gasteiger partial charge in [-0.25, -0.2) is 0 Å². The van der Waals surface area contributed by atoms with E-state index in [9.17, 15) is 14.4 Å². The summed E-state index contributed by atoms with van der Waals surface area (Å²) >= 11 is 1.60. The molecule has 0 aliphatic carbocycles. The first kappa shape index (κ1) is 19.3. The first-order chi connectivity index (χ1) is 11.7. The zero-order chi connectivity index (χ0) is 18.6. The quantitative estimate of drug-likeness (QED) is 0.726. The van der Waals surface area contributed by atoms with Gasteiger partial charge >= 0.3 is 5.97 Å². The lowest BCUT2D eigenvalue weighted by Gasteiger charge is -2.27. The fourth-order valence-corrected chi connectivity index (χ4v) is 3.28. The first-order valence-corrected chi connectivity index (χ1v) is 9.42. The molecule has 2 amide bonds. The van der Waals surface area contributed by atoms with Crippen molar-refractivity contribution in [2.45, 2.75) is 43.5 Å². The van der Waals surface area contributed by atoms with Crippen molar-refractivity contribution >= 4 is 35.2 Å². The van der Waals surface area contributed by atoms with Gasteiger partial charge in [-0.3, -0.25) is 14.4 Å². The summed E-state index contributed by atoms with van der Waals surface area (Å²) in [5.41, 5.74) is 0.183. The molecule has 2 N–H and O–H groups in total. The number of nitrogens with zero attached hydrogens (tertiary/aromatic N) is 1. The highest BCUT2D eigenvalue weighted by atomic mass is 32.2. The number of carbonyl (C=O) groups excluding carboxylic acids is 2. The molecule has 0 spiro atoms. The minimum atomic E-state index is -0.891. The Hall–Kier alpha value is -2.02. The SMILES string of the molecule is CSc1cccc(N2CC(C(=O)NC(C)(C)CCC(=O)O)CC2=O)c1. The van der Waals surface area contributed by atoms with E-state index in [0.717, 1.165) is 10.6 Å². The Morgan fingerprint density at radius 2 is 2.12 bits per heavy atom. The third kappa shape index (κ3) is 5.22. The minimum absolute atomic E-state index is 0.00945. The molecule has 0 bridgehead atoms. The molecule has 1 heterocycles. The van der Waals surface area contributed by atoms with E-state index in [0.29, 0.717) is 13.0 Å². The molecule has 0 saturated carbocycles. The number of anilines is 1. The van der Waals surface area contributed by atoms with E-state index < -0.39 is 17.4 Å². The third-order valence-corrected chi connectivity index (χ3v) is 5.01. The number of benzene rings is 1. The molecule has 1 aliphatic rings. The summed E-state index contributed by atoms with van der Waals surface area (Å²) in [4.78, 5) is 38.3. The van der Waals surface area contributed by atoms with E-state index in [4.69, 9.17) is 5.11 Å². The maximum absolute atomic E-state index is 12.5. The fraction of sp³-hybridized carbons (Fsp3) is 0.500. The molecule has 1 fully saturated rings. The highest BCUT2D eigenvalue weighted by molar-refractivity contribution is 7.98. The largest absolute Gasteiger partial charge is 0.481 e. The molecule has 1 unspecified atom stereocenters. The lowest BCUT2D eigenvalue weighted by molar-refractivity contribution is -0.138. The summed E-state index contributed by atoms with van der Waals surface area (Å²) in [5.74, 6) is -1.58. The van der Waals surface area contributed by atoms with E-state index in [1.54, 1.807) is 30.5 Å². The molecule has 1 aromatic carbocycles. The predicted molar refractivity (Wildman–Crippen MR) is 97.8 cm³/mol. The highest BCUT2D eigenvalue weighted by Gasteiger charge is 2.37. The van der Waals surface area contributed by atoms with Crippen LogP contribution in [0.2, 0.25) is 0 Å². The van der Waals surface area contributed by atoms with Gasteiger partial charge in [-0.1, -0.05) is 6.07 Å². The third-order valence-electron chi connectivity index (χ3n) is 4.29. The van der Waals surface area contributed by atoms with Crippen molar-refractivity contribution in [3.63, 3.8) is 0 Å². The average molecular weight is 364 g/mol. The van der Waals surface area contributed by atoms with Gasteiger partial charge in [0.1, 0.15) is 0 Å². The number of amides is 2. The smallest absolute Gasteiger partial charge is 0.303 e. The molecule has 0 aromatic heterocycles. The van der Waals surface area contributed by atoms with Crippen molar-refractivity contribution in [3.05, 3.63) is 24.3 Å². The lowest BCUT2D eigenvalue weighted by Crippen LogP contribution is -2.46. The van der Waals surface area contributed by atoms with Crippen LogP contribution in [0.3, 0.4) is 0 Å². The fourth-order valence-electron chi connectivity index (χ4n) is 2.83. The van der Waals surface area contributed by atoms with Gasteiger partial charge in [0.05, 0.1) is 5.92 Å². The molecule has 7 heteroatoms. The van der Waals surface area contributed by atoms with Crippen LogP contribution < -0.4 is 10.2 Å². The van der Waals surface area contributed by atoms with Gasteiger partial charge in [-0.05, 0) is 44.7 Å². The Morgan fingerprint density at radius 1 is 1.40 bits per heavy atom. The van der Waals surface area contributed by atoms with E-state index in [-0.39, 0.29) is 24.7 Å². The van der Waals surface area contributed by atoms with Crippen LogP contribution in [0.1, 0.15) is 33.1 Å². The number of carboxylic acid groups (broad SMARTS) is 1. The van der Waals surface area contributed by atoms with Crippen molar-refractivity contribution in [2.75, 3.05) is 17.7 Å². The van der Waals surface area contributed by atoms with Crippen LogP contribution in [0.25, 0.3) is 0 Å². The maximum atomic E-state index is 12.5. The number of rotatable bonds is 7. The summed E-state index contributed by atoms with van der Waals surface area (Å²) in [6.45, 7) is 3.94. The second kappa shape index (κ2) is 7.91. The topological polar surface area (TPSA) is 86.7 Å². The van der Waals surface area contributed by atoms with Gasteiger partial charge in [0.2, 0.25) is 11.8 Å². The number of hydrogen-bond donors (Lipinski definition) is 2. The van der Waals surface area contributed by atoms with Crippen LogP contribution in [0, 0.1) is 5.92 Å². The number of aliphatic carboxylic acids is 1. The van der Waals surface area contributed by atoms with Gasteiger partial charge < -0.3 is 15.3 Å². The second-order valence-corrected chi connectivity index (χ2v) is 7.75. The van der Waals surface area contributed by atoms with Gasteiger partial charge in [-0.2, -0.15) is 0 Å². The molecular formula is C18H24N2O4S. The monoisotopic (exact) mass is 364 g/mol. The van der Waals surface area contributed by atoms with E-state index in [1.807, 2.05) is 30.5 Å². The summed E-state index contributed by atoms with van der Waals surface area (Å²) in [6.07, 6.45) is 2.48. The molecular weight excluding hydrogens is 340 g/mol. The van der Waals surface area contributed by atoms with Crippen molar-refractivity contribution in [3.8, 4) is 0 Å². The molecule has 136 valence electrons. The standard InChI is InChI=1S/C18H24N2O4S/c1-18(2,8-7-16(22)23)19-17(24)12-9-15(21)20(11-12)13-5-4-6-14(10-13)25-3/h4-6,10,12H,7-9,11H2,1-3H3,(H,19,24)(H,22,23). The number of carboxylic acids is 1. The molecule has 1 aromatic rings.